The number of allylic oxidation sites excluding steroid dienone is 1. The lowest BCUT2D eigenvalue weighted by atomic mass is 9.82. The van der Waals surface area contributed by atoms with E-state index in [0.29, 0.717) is 5.92 Å². The Morgan fingerprint density at radius 1 is 1.47 bits per heavy atom. The van der Waals surface area contributed by atoms with Gasteiger partial charge in [-0.3, -0.25) is 0 Å². The summed E-state index contributed by atoms with van der Waals surface area (Å²) >= 11 is 0. The zero-order valence-corrected chi connectivity index (χ0v) is 9.55. The average molecular weight is 202 g/mol. The molecule has 80 valence electrons. The molecule has 1 aromatic carbocycles. The van der Waals surface area contributed by atoms with Gasteiger partial charge < -0.3 is 4.74 Å². The van der Waals surface area contributed by atoms with Gasteiger partial charge >= 0.3 is 0 Å². The van der Waals surface area contributed by atoms with Gasteiger partial charge in [0.25, 0.3) is 0 Å². The molecular weight excluding hydrogens is 184 g/mol. The SMILES string of the molecule is C=CC1CCCc2cc(OC)c(C)cc21. The molecule has 1 aliphatic rings. The Labute approximate surface area is 91.8 Å². The number of methoxy groups -OCH3 is 1. The maximum absolute atomic E-state index is 5.35. The fourth-order valence-corrected chi connectivity index (χ4v) is 2.45. The van der Waals surface area contributed by atoms with Crippen LogP contribution in [-0.4, -0.2) is 7.11 Å². The van der Waals surface area contributed by atoms with Crippen molar-refractivity contribution in [1.29, 1.82) is 0 Å². The van der Waals surface area contributed by atoms with E-state index in [0.717, 1.165) is 5.75 Å². The molecule has 1 unspecified atom stereocenters. The minimum atomic E-state index is 0.540. The molecule has 0 fully saturated rings. The van der Waals surface area contributed by atoms with Crippen molar-refractivity contribution in [3.63, 3.8) is 0 Å². The fourth-order valence-electron chi connectivity index (χ4n) is 2.45. The number of ether oxygens (including phenoxy) is 1. The zero-order chi connectivity index (χ0) is 10.8. The molecule has 0 aromatic heterocycles. The number of hydrogen-bond donors (Lipinski definition) is 0. The second-order valence-electron chi connectivity index (χ2n) is 4.26. The third-order valence-electron chi connectivity index (χ3n) is 3.30. The molecule has 15 heavy (non-hydrogen) atoms. The summed E-state index contributed by atoms with van der Waals surface area (Å²) in [4.78, 5) is 0. The fraction of sp³-hybridized carbons (Fsp3) is 0.429. The normalized spacial score (nSPS) is 19.5. The number of rotatable bonds is 2. The lowest BCUT2D eigenvalue weighted by Gasteiger charge is -2.24. The second-order valence-corrected chi connectivity index (χ2v) is 4.26. The van der Waals surface area contributed by atoms with Gasteiger partial charge in [-0.2, -0.15) is 0 Å². The van der Waals surface area contributed by atoms with Crippen LogP contribution in [0.1, 0.15) is 35.4 Å². The smallest absolute Gasteiger partial charge is 0.122 e. The molecule has 0 spiro atoms. The Kier molecular flexibility index (Phi) is 2.81. The van der Waals surface area contributed by atoms with Crippen LogP contribution in [0.25, 0.3) is 0 Å². The number of benzene rings is 1. The number of hydrogen-bond acceptors (Lipinski definition) is 1. The first-order valence-corrected chi connectivity index (χ1v) is 5.56. The first kappa shape index (κ1) is 10.3. The van der Waals surface area contributed by atoms with Crippen molar-refractivity contribution in [2.75, 3.05) is 7.11 Å². The Hall–Kier alpha value is -1.24. The first-order valence-electron chi connectivity index (χ1n) is 5.56. The molecule has 1 atom stereocenters. The summed E-state index contributed by atoms with van der Waals surface area (Å²) in [6.45, 7) is 6.03. The summed E-state index contributed by atoms with van der Waals surface area (Å²) in [5.74, 6) is 1.55. The highest BCUT2D eigenvalue weighted by Gasteiger charge is 2.19. The van der Waals surface area contributed by atoms with Crippen LogP contribution in [0.2, 0.25) is 0 Å². The van der Waals surface area contributed by atoms with Gasteiger partial charge in [-0.1, -0.05) is 12.1 Å². The van der Waals surface area contributed by atoms with Crippen LogP contribution in [-0.2, 0) is 6.42 Å². The van der Waals surface area contributed by atoms with E-state index < -0.39 is 0 Å². The molecule has 0 heterocycles. The van der Waals surface area contributed by atoms with Crippen LogP contribution >= 0.6 is 0 Å². The molecule has 0 N–H and O–H groups in total. The average Bonchev–Trinajstić information content (AvgIpc) is 2.27. The topological polar surface area (TPSA) is 9.23 Å². The van der Waals surface area contributed by atoms with Gasteiger partial charge in [0.1, 0.15) is 5.75 Å². The molecule has 1 aromatic rings. The molecule has 0 radical (unpaired) electrons. The van der Waals surface area contributed by atoms with Gasteiger partial charge in [0.15, 0.2) is 0 Å². The molecule has 0 bridgehead atoms. The Balaban J connectivity index is 2.49. The molecular formula is C14H18O. The monoisotopic (exact) mass is 202 g/mol. The van der Waals surface area contributed by atoms with Crippen molar-refractivity contribution in [3.05, 3.63) is 41.5 Å². The van der Waals surface area contributed by atoms with E-state index in [9.17, 15) is 0 Å². The third kappa shape index (κ3) is 1.79. The summed E-state index contributed by atoms with van der Waals surface area (Å²) in [5.41, 5.74) is 4.12. The highest BCUT2D eigenvalue weighted by atomic mass is 16.5. The van der Waals surface area contributed by atoms with Crippen LogP contribution in [0, 0.1) is 6.92 Å². The van der Waals surface area contributed by atoms with Crippen molar-refractivity contribution in [2.45, 2.75) is 32.1 Å². The van der Waals surface area contributed by atoms with E-state index in [-0.39, 0.29) is 0 Å². The van der Waals surface area contributed by atoms with E-state index in [1.807, 2.05) is 0 Å². The zero-order valence-electron chi connectivity index (χ0n) is 9.55. The summed E-state index contributed by atoms with van der Waals surface area (Å²) in [6, 6.07) is 4.46. The molecule has 1 nitrogen and oxygen atoms in total. The van der Waals surface area contributed by atoms with E-state index >= 15 is 0 Å². The summed E-state index contributed by atoms with van der Waals surface area (Å²) in [7, 11) is 1.74. The van der Waals surface area contributed by atoms with E-state index in [1.165, 1.54) is 36.0 Å². The predicted octanol–water partition coefficient (Wildman–Crippen LogP) is 3.61. The molecule has 0 saturated carbocycles. The summed E-state index contributed by atoms with van der Waals surface area (Å²) in [5, 5.41) is 0. The molecule has 0 aliphatic heterocycles. The lowest BCUT2D eigenvalue weighted by Crippen LogP contribution is -2.08. The van der Waals surface area contributed by atoms with Crippen LogP contribution in [0.15, 0.2) is 24.8 Å². The van der Waals surface area contributed by atoms with E-state index in [4.69, 9.17) is 4.74 Å². The Bertz CT molecular complexity index is 379. The van der Waals surface area contributed by atoms with Crippen molar-refractivity contribution >= 4 is 0 Å². The van der Waals surface area contributed by atoms with Crippen molar-refractivity contribution < 1.29 is 4.74 Å². The quantitative estimate of drug-likeness (QED) is 0.666. The van der Waals surface area contributed by atoms with Crippen molar-refractivity contribution in [3.8, 4) is 5.75 Å². The van der Waals surface area contributed by atoms with Crippen LogP contribution in [0.5, 0.6) is 5.75 Å². The number of fused-ring (bicyclic) bond motifs is 1. The van der Waals surface area contributed by atoms with Gasteiger partial charge in [0.05, 0.1) is 7.11 Å². The van der Waals surface area contributed by atoms with Gasteiger partial charge in [-0.25, -0.2) is 0 Å². The lowest BCUT2D eigenvalue weighted by molar-refractivity contribution is 0.410. The van der Waals surface area contributed by atoms with Crippen LogP contribution in [0.3, 0.4) is 0 Å². The standard InChI is InChI=1S/C14H18O/c1-4-11-6-5-7-12-9-14(15-3)10(2)8-13(11)12/h4,8-9,11H,1,5-7H2,2-3H3. The minimum absolute atomic E-state index is 0.540. The first-order chi connectivity index (χ1) is 7.26. The summed E-state index contributed by atoms with van der Waals surface area (Å²) < 4.78 is 5.35. The largest absolute Gasteiger partial charge is 0.496 e. The maximum Gasteiger partial charge on any atom is 0.122 e. The Morgan fingerprint density at radius 2 is 2.27 bits per heavy atom. The maximum atomic E-state index is 5.35. The van der Waals surface area contributed by atoms with Gasteiger partial charge in [0, 0.05) is 5.92 Å². The second kappa shape index (κ2) is 4.09. The molecule has 0 amide bonds. The predicted molar refractivity (Wildman–Crippen MR) is 63.6 cm³/mol. The van der Waals surface area contributed by atoms with E-state index in [1.54, 1.807) is 7.11 Å². The molecule has 1 aliphatic carbocycles. The van der Waals surface area contributed by atoms with Crippen LogP contribution < -0.4 is 4.74 Å². The minimum Gasteiger partial charge on any atom is -0.496 e. The highest BCUT2D eigenvalue weighted by Crippen LogP contribution is 2.35. The van der Waals surface area contributed by atoms with E-state index in [2.05, 4.69) is 31.7 Å². The third-order valence-corrected chi connectivity index (χ3v) is 3.30. The Morgan fingerprint density at radius 3 is 2.93 bits per heavy atom. The molecule has 0 saturated heterocycles. The molecule has 2 rings (SSSR count). The summed E-state index contributed by atoms with van der Waals surface area (Å²) in [6.07, 6.45) is 5.75. The van der Waals surface area contributed by atoms with Crippen LogP contribution in [0.4, 0.5) is 0 Å². The van der Waals surface area contributed by atoms with Gasteiger partial charge in [-0.05, 0) is 48.9 Å². The van der Waals surface area contributed by atoms with Gasteiger partial charge in [-0.15, -0.1) is 6.58 Å². The van der Waals surface area contributed by atoms with Crippen molar-refractivity contribution in [2.24, 2.45) is 0 Å². The number of aryl methyl sites for hydroxylation is 2. The molecule has 1 heteroatoms. The van der Waals surface area contributed by atoms with Crippen molar-refractivity contribution in [1.82, 2.24) is 0 Å². The highest BCUT2D eigenvalue weighted by molar-refractivity contribution is 5.45. The van der Waals surface area contributed by atoms with Gasteiger partial charge in [0.2, 0.25) is 0 Å².